The lowest BCUT2D eigenvalue weighted by Gasteiger charge is -2.41. The summed E-state index contributed by atoms with van der Waals surface area (Å²) in [4.78, 5) is 0. The fourth-order valence-electron chi connectivity index (χ4n) is 24.4. The Hall–Kier alpha value is -17.7. The van der Waals surface area contributed by atoms with Crippen molar-refractivity contribution in [1.29, 1.82) is 0 Å². The number of aromatic nitrogens is 7. The van der Waals surface area contributed by atoms with E-state index in [-0.39, 0.29) is 0 Å². The van der Waals surface area contributed by atoms with Crippen molar-refractivity contribution in [3.05, 3.63) is 573 Å². The molecule has 11 aliphatic rings. The molecule has 11 aliphatic heterocycles. The third kappa shape index (κ3) is 15.1. The first kappa shape index (κ1) is 90.6. The number of nitrogens with zero attached hydrogens (tertiary/aromatic N) is 9. The molecule has 30 rings (SSSR count). The first-order valence-electron chi connectivity index (χ1n) is 51.7. The van der Waals surface area contributed by atoms with Crippen LogP contribution in [0.4, 0.5) is 0 Å². The van der Waals surface area contributed by atoms with Gasteiger partial charge >= 0.3 is 5.91 Å². The van der Waals surface area contributed by atoms with E-state index in [0.717, 1.165) is 5.56 Å². The molecule has 9 heteroatoms. The summed E-state index contributed by atoms with van der Waals surface area (Å²) in [7, 11) is 0. The third-order valence-corrected chi connectivity index (χ3v) is 31.5. The third-order valence-electron chi connectivity index (χ3n) is 31.5. The Morgan fingerprint density at radius 3 is 1.05 bits per heavy atom. The maximum Gasteiger partial charge on any atom is 0.553 e. The molecule has 0 saturated carbocycles. The molecular formula is C138H114N9+7. The minimum atomic E-state index is -0.756. The number of pyridine rings is 5. The minimum Gasteiger partial charge on any atom is -0.198 e. The summed E-state index contributed by atoms with van der Waals surface area (Å²) < 4.78 is 22.3. The van der Waals surface area contributed by atoms with Crippen molar-refractivity contribution in [2.24, 2.45) is 0 Å². The summed E-state index contributed by atoms with van der Waals surface area (Å²) in [5.74, 6) is 5.32. The van der Waals surface area contributed by atoms with Crippen LogP contribution in [0.1, 0.15) is 174 Å². The zero-order valence-corrected chi connectivity index (χ0v) is 84.8. The second kappa shape index (κ2) is 36.9. The fourth-order valence-corrected chi connectivity index (χ4v) is 24.4. The van der Waals surface area contributed by atoms with Crippen LogP contribution in [0, 0.1) is 39.5 Å². The van der Waals surface area contributed by atoms with E-state index in [1.54, 1.807) is 0 Å². The van der Waals surface area contributed by atoms with Gasteiger partial charge in [0.2, 0.25) is 51.3 Å². The van der Waals surface area contributed by atoms with Crippen LogP contribution >= 0.6 is 0 Å². The molecular weight excluding hydrogens is 1780 g/mol. The smallest absolute Gasteiger partial charge is 0.198 e. The second-order valence-corrected chi connectivity index (χ2v) is 40.2. The zero-order valence-electron chi connectivity index (χ0n) is 84.8. The van der Waals surface area contributed by atoms with Crippen LogP contribution in [0.5, 0.6) is 0 Å². The molecule has 0 saturated heterocycles. The van der Waals surface area contributed by atoms with Crippen LogP contribution in [0.2, 0.25) is 0 Å². The average molecular weight is 1900 g/mol. The van der Waals surface area contributed by atoms with Crippen molar-refractivity contribution >= 4 is 39.8 Å². The Morgan fingerprint density at radius 2 is 0.612 bits per heavy atom. The summed E-state index contributed by atoms with van der Waals surface area (Å²) >= 11 is 0. The van der Waals surface area contributed by atoms with Gasteiger partial charge in [-0.1, -0.05) is 268 Å². The lowest BCUT2D eigenvalue weighted by atomic mass is 9.92. The summed E-state index contributed by atoms with van der Waals surface area (Å²) in [6, 6.07) is 145. The molecule has 9 nitrogen and oxygen atoms in total. The highest BCUT2D eigenvalue weighted by atomic mass is 15.6. The van der Waals surface area contributed by atoms with Crippen LogP contribution in [0.15, 0.2) is 467 Å². The van der Waals surface area contributed by atoms with Gasteiger partial charge in [0.1, 0.15) is 0 Å². The summed E-state index contributed by atoms with van der Waals surface area (Å²) in [6.07, 6.45) is 24.5. The average Bonchev–Trinajstić information content (AvgIpc) is 1.48. The van der Waals surface area contributed by atoms with Crippen LogP contribution in [-0.4, -0.2) is 29.7 Å². The van der Waals surface area contributed by atoms with Gasteiger partial charge in [0.25, 0.3) is 0 Å². The number of rotatable bonds is 8. The second-order valence-electron chi connectivity index (χ2n) is 40.2. The number of fused-ring (bicyclic) bond motifs is 15. The maximum atomic E-state index is 3.13. The standard InChI is InChI=1S/C46H30N4.3C20H18N.C16H16N.C16H14N/c1-29-17-19-33(20-18-29)45-40-27-25-38-43(31-13-7-3-8-14-31)36-23-21-34-42(30-11-5-2-6-12-30)35-22-24-37-44(32-15-9-4-10-16-32)39-26-28-41(45)50(39)46(47(34)36,48(35)37)49(38)40;1-14-6-5-7-16(12-14)17-9-10-18-19(13-17)15(2)21-11-4-3-8-20(18)21;1-14-6-8-16(9-7-14)17-10-11-18-19(13-17)15(2)21-12-4-3-5-20(18)21;1-14-6-8-16(9-7-14)17-10-11-18-15(2)21-12-4-3-5-20(21)19(18)13-17;2*1-3-6-13-8-9-14-15(11-13)12(2)17-10-5-4-7-16(14)17/h2-28H,1H3;3*3-13,15H,1-2H3;3-12H,1-2H3;4-5,7-12H,1-2H3/q+2;5*+1/b;;;;6-3+;. The molecule has 704 valence electrons. The van der Waals surface area contributed by atoms with Crippen molar-refractivity contribution in [2.75, 3.05) is 0 Å². The van der Waals surface area contributed by atoms with Gasteiger partial charge in [-0.3, -0.25) is 0 Å². The number of aryl methyl sites for hydroxylation is 4. The topological polar surface area (TPSA) is 35.3 Å². The van der Waals surface area contributed by atoms with Crippen molar-refractivity contribution in [1.82, 2.24) is 9.13 Å². The number of hydrogen-bond acceptors (Lipinski definition) is 0. The van der Waals surface area contributed by atoms with Gasteiger partial charge in [-0.05, 0) is 218 Å². The normalized spacial score (nSPS) is 17.3. The molecule has 6 atom stereocenters. The van der Waals surface area contributed by atoms with E-state index in [1.807, 2.05) is 6.92 Å². The number of benzene rings is 12. The molecule has 0 aliphatic carbocycles. The van der Waals surface area contributed by atoms with Crippen LogP contribution in [-0.2, 0) is 5.91 Å². The molecule has 0 fully saturated rings. The van der Waals surface area contributed by atoms with Gasteiger partial charge in [-0.25, -0.2) is 0 Å². The lowest BCUT2D eigenvalue weighted by Crippen LogP contribution is -2.71. The molecule has 0 amide bonds. The maximum absolute atomic E-state index is 3.13. The Kier molecular flexibility index (Phi) is 22.7. The number of allylic oxidation sites excluding steroid dienone is 5. The largest absolute Gasteiger partial charge is 0.553 e. The van der Waals surface area contributed by atoms with Gasteiger partial charge in [0.15, 0.2) is 61.2 Å². The Morgan fingerprint density at radius 1 is 0.265 bits per heavy atom. The molecule has 6 unspecified atom stereocenters. The van der Waals surface area contributed by atoms with E-state index in [4.69, 9.17) is 0 Å². The SMILES string of the molecule is C/C=C/c1ccc2c(c1)C(C)[n+]1ccccc1-2.CC#Cc1ccc2c(c1)C(C)[n+]1ccccc1-2.Cc1ccc(-c2ccc3c(c2)-c2cccc[n+]2C3C)cc1.Cc1ccc(-c2ccc3c(c2)C(C)[n+]2ccccc2-3)cc1.Cc1ccc(C2=C3C=CC4=[N+]3C35n6c(ccc62)C(c2ccccc2)=C2C=CC(=[N+]23)C(c2ccccc2)=c2ccc(n25)=C4c2ccccc2)cc1.Cc1cccc(-c2ccc3c(c2)C(C)[n+]2ccccc2-3)c1. The molecule has 19 aromatic rings. The predicted molar refractivity (Wildman–Crippen MR) is 595 cm³/mol. The minimum absolute atomic E-state index is 0.403. The van der Waals surface area contributed by atoms with Gasteiger partial charge in [0.05, 0.1) is 72.2 Å². The highest BCUT2D eigenvalue weighted by Gasteiger charge is 2.73. The summed E-state index contributed by atoms with van der Waals surface area (Å²) in [6.45, 7) is 23.8. The molecule has 1 spiro atoms. The van der Waals surface area contributed by atoms with E-state index in [0.29, 0.717) is 30.2 Å². The zero-order chi connectivity index (χ0) is 99.6. The molecule has 7 aromatic heterocycles. The molecule has 0 bridgehead atoms. The Balaban J connectivity index is 0.0000000982. The Bertz CT molecular complexity index is 9090. The van der Waals surface area contributed by atoms with E-state index < -0.39 is 5.91 Å². The van der Waals surface area contributed by atoms with Crippen LogP contribution in [0.3, 0.4) is 0 Å². The van der Waals surface area contributed by atoms with Crippen molar-refractivity contribution in [3.63, 3.8) is 0 Å². The number of hydrogen-bond donors (Lipinski definition) is 0. The summed E-state index contributed by atoms with van der Waals surface area (Å²) in [5, 5.41) is 2.43. The monoisotopic (exact) mass is 1900 g/mol. The predicted octanol–water partition coefficient (Wildman–Crippen LogP) is 26.9. The van der Waals surface area contributed by atoms with Crippen LogP contribution in [0.25, 0.3) is 118 Å². The highest BCUT2D eigenvalue weighted by Crippen LogP contribution is 2.54. The first-order valence-corrected chi connectivity index (χ1v) is 51.7. The van der Waals surface area contributed by atoms with Gasteiger partial charge in [-0.2, -0.15) is 32.0 Å². The van der Waals surface area contributed by atoms with E-state index in [2.05, 4.69) is 584 Å². The Labute approximate surface area is 861 Å². The van der Waals surface area contributed by atoms with Gasteiger partial charge < -0.3 is 0 Å². The fraction of sp³-hybridized carbons (Fsp3) is 0.123. The van der Waals surface area contributed by atoms with Gasteiger partial charge in [0, 0.05) is 153 Å². The molecule has 18 heterocycles. The molecule has 0 N–H and O–H groups in total. The molecule has 147 heavy (non-hydrogen) atoms. The van der Waals surface area contributed by atoms with Crippen molar-refractivity contribution < 1.29 is 32.0 Å². The lowest BCUT2D eigenvalue weighted by molar-refractivity contribution is -0.834. The molecule has 0 radical (unpaired) electrons. The molecule has 12 aromatic carbocycles. The van der Waals surface area contributed by atoms with Gasteiger partial charge in [-0.15, -0.1) is 5.92 Å². The van der Waals surface area contributed by atoms with E-state index in [1.165, 1.54) is 235 Å². The summed E-state index contributed by atoms with van der Waals surface area (Å²) in [5.41, 5.74) is 52.9. The van der Waals surface area contributed by atoms with E-state index in [9.17, 15) is 0 Å². The van der Waals surface area contributed by atoms with Crippen molar-refractivity contribution in [3.8, 4) is 102 Å². The highest BCUT2D eigenvalue weighted by molar-refractivity contribution is 6.30. The quantitative estimate of drug-likeness (QED) is 0.107. The van der Waals surface area contributed by atoms with E-state index >= 15 is 0 Å². The first-order chi connectivity index (χ1) is 72.1. The van der Waals surface area contributed by atoms with Crippen molar-refractivity contribution in [2.45, 2.75) is 112 Å². The van der Waals surface area contributed by atoms with Crippen LogP contribution < -0.4 is 33.5 Å².